The number of rotatable bonds is 2. The molecule has 3 heteroatoms. The fourth-order valence-corrected chi connectivity index (χ4v) is 3.14. The van der Waals surface area contributed by atoms with Crippen LogP contribution < -0.4 is 0 Å². The van der Waals surface area contributed by atoms with Gasteiger partial charge in [0.05, 0.1) is 10.2 Å². The first-order valence-corrected chi connectivity index (χ1v) is 7.15. The van der Waals surface area contributed by atoms with Crippen molar-refractivity contribution < 1.29 is 0 Å². The van der Waals surface area contributed by atoms with Gasteiger partial charge in [0, 0.05) is 0 Å². The summed E-state index contributed by atoms with van der Waals surface area (Å²) in [5.41, 5.74) is 3.60. The van der Waals surface area contributed by atoms with E-state index < -0.39 is 0 Å². The summed E-state index contributed by atoms with van der Waals surface area (Å²) in [5.74, 6) is 0. The third-order valence-corrected chi connectivity index (χ3v) is 4.22. The van der Waals surface area contributed by atoms with Crippen LogP contribution in [-0.4, -0.2) is 4.98 Å². The summed E-state index contributed by atoms with van der Waals surface area (Å²) < 4.78 is 1.25. The maximum Gasteiger partial charge on any atom is 0.117 e. The molecule has 0 amide bonds. The van der Waals surface area contributed by atoms with Gasteiger partial charge in [-0.3, -0.25) is 0 Å². The molecule has 0 unspecified atom stereocenters. The molecule has 84 valence electrons. The fourth-order valence-electron chi connectivity index (χ4n) is 1.66. The standard InChI is InChI=1S/C14H11NS2/c1-10-2-4-13-12(8-10)15-14(17-13)5-3-11-6-7-16-9-11/h2-9H,1H3/b5-3-. The molecule has 0 N–H and O–H groups in total. The number of thiophene rings is 1. The van der Waals surface area contributed by atoms with Crippen molar-refractivity contribution in [3.8, 4) is 0 Å². The molecule has 0 bridgehead atoms. The average molecular weight is 257 g/mol. The smallest absolute Gasteiger partial charge is 0.117 e. The predicted molar refractivity (Wildman–Crippen MR) is 77.6 cm³/mol. The summed E-state index contributed by atoms with van der Waals surface area (Å²) >= 11 is 3.45. The number of benzene rings is 1. The maximum absolute atomic E-state index is 4.61. The van der Waals surface area contributed by atoms with Crippen molar-refractivity contribution in [1.29, 1.82) is 0 Å². The molecule has 1 aromatic carbocycles. The summed E-state index contributed by atoms with van der Waals surface area (Å²) in [5, 5.41) is 5.28. The maximum atomic E-state index is 4.61. The zero-order valence-electron chi connectivity index (χ0n) is 9.38. The Morgan fingerprint density at radius 1 is 1.18 bits per heavy atom. The van der Waals surface area contributed by atoms with Gasteiger partial charge in [-0.25, -0.2) is 4.98 Å². The van der Waals surface area contributed by atoms with Crippen molar-refractivity contribution in [2.45, 2.75) is 6.92 Å². The number of aryl methyl sites for hydroxylation is 1. The lowest BCUT2D eigenvalue weighted by Crippen LogP contribution is -1.72. The van der Waals surface area contributed by atoms with Crippen LogP contribution in [0.1, 0.15) is 16.1 Å². The molecule has 0 spiro atoms. The monoisotopic (exact) mass is 257 g/mol. The van der Waals surface area contributed by atoms with Crippen LogP contribution in [0.15, 0.2) is 35.0 Å². The summed E-state index contributed by atoms with van der Waals surface area (Å²) in [7, 11) is 0. The van der Waals surface area contributed by atoms with Gasteiger partial charge < -0.3 is 0 Å². The van der Waals surface area contributed by atoms with Gasteiger partial charge in [-0.05, 0) is 53.1 Å². The van der Waals surface area contributed by atoms with Crippen molar-refractivity contribution >= 4 is 45.0 Å². The Kier molecular flexibility index (Phi) is 2.79. The minimum Gasteiger partial charge on any atom is -0.237 e. The Morgan fingerprint density at radius 3 is 2.94 bits per heavy atom. The molecule has 0 saturated heterocycles. The van der Waals surface area contributed by atoms with E-state index in [4.69, 9.17) is 0 Å². The highest BCUT2D eigenvalue weighted by molar-refractivity contribution is 7.19. The summed E-state index contributed by atoms with van der Waals surface area (Å²) in [6, 6.07) is 8.52. The van der Waals surface area contributed by atoms with E-state index in [2.05, 4.69) is 59.1 Å². The van der Waals surface area contributed by atoms with E-state index in [0.717, 1.165) is 10.5 Å². The van der Waals surface area contributed by atoms with E-state index in [9.17, 15) is 0 Å². The molecular weight excluding hydrogens is 246 g/mol. The Morgan fingerprint density at radius 2 is 2.12 bits per heavy atom. The van der Waals surface area contributed by atoms with Crippen molar-refractivity contribution in [2.75, 3.05) is 0 Å². The van der Waals surface area contributed by atoms with Crippen molar-refractivity contribution in [3.63, 3.8) is 0 Å². The zero-order chi connectivity index (χ0) is 11.7. The fraction of sp³-hybridized carbons (Fsp3) is 0.0714. The number of nitrogens with zero attached hydrogens (tertiary/aromatic N) is 1. The van der Waals surface area contributed by atoms with Crippen LogP contribution in [0, 0.1) is 6.92 Å². The van der Waals surface area contributed by atoms with Crippen molar-refractivity contribution in [1.82, 2.24) is 4.98 Å². The van der Waals surface area contributed by atoms with E-state index in [1.165, 1.54) is 15.8 Å². The van der Waals surface area contributed by atoms with Crippen LogP contribution >= 0.6 is 22.7 Å². The summed E-state index contributed by atoms with van der Waals surface area (Å²) in [6.45, 7) is 2.10. The van der Waals surface area contributed by atoms with Gasteiger partial charge in [0.15, 0.2) is 0 Å². The highest BCUT2D eigenvalue weighted by atomic mass is 32.1. The Hall–Kier alpha value is -1.45. The highest BCUT2D eigenvalue weighted by Gasteiger charge is 2.00. The molecule has 17 heavy (non-hydrogen) atoms. The zero-order valence-corrected chi connectivity index (χ0v) is 11.0. The van der Waals surface area contributed by atoms with E-state index >= 15 is 0 Å². The lowest BCUT2D eigenvalue weighted by atomic mass is 10.2. The first kappa shape index (κ1) is 10.7. The second kappa shape index (κ2) is 4.43. The van der Waals surface area contributed by atoms with E-state index in [0.29, 0.717) is 0 Å². The lowest BCUT2D eigenvalue weighted by molar-refractivity contribution is 1.43. The van der Waals surface area contributed by atoms with Crippen molar-refractivity contribution in [2.24, 2.45) is 0 Å². The molecule has 0 aliphatic rings. The van der Waals surface area contributed by atoms with Crippen LogP contribution in [0.3, 0.4) is 0 Å². The SMILES string of the molecule is Cc1ccc2sc(/C=C\c3ccsc3)nc2c1. The minimum atomic E-state index is 1.07. The molecule has 0 aliphatic carbocycles. The van der Waals surface area contributed by atoms with Crippen molar-refractivity contribution in [3.05, 3.63) is 51.2 Å². The van der Waals surface area contributed by atoms with E-state index in [-0.39, 0.29) is 0 Å². The van der Waals surface area contributed by atoms with Crippen LogP contribution in [-0.2, 0) is 0 Å². The molecule has 2 aromatic heterocycles. The second-order valence-electron chi connectivity index (χ2n) is 3.91. The van der Waals surface area contributed by atoms with Gasteiger partial charge in [0.25, 0.3) is 0 Å². The molecule has 0 fully saturated rings. The second-order valence-corrected chi connectivity index (χ2v) is 5.76. The Labute approximate surface area is 108 Å². The predicted octanol–water partition coefficient (Wildman–Crippen LogP) is 4.84. The largest absolute Gasteiger partial charge is 0.237 e. The number of aromatic nitrogens is 1. The average Bonchev–Trinajstić information content (AvgIpc) is 2.94. The van der Waals surface area contributed by atoms with Crippen LogP contribution in [0.25, 0.3) is 22.4 Å². The topological polar surface area (TPSA) is 12.9 Å². The van der Waals surface area contributed by atoms with E-state index in [1.54, 1.807) is 22.7 Å². The molecular formula is C14H11NS2. The molecule has 0 radical (unpaired) electrons. The number of hydrogen-bond acceptors (Lipinski definition) is 3. The molecule has 3 aromatic rings. The molecule has 2 heterocycles. The third kappa shape index (κ3) is 2.30. The number of hydrogen-bond donors (Lipinski definition) is 0. The van der Waals surface area contributed by atoms with Crippen LogP contribution in [0.4, 0.5) is 0 Å². The number of thiazole rings is 1. The van der Waals surface area contributed by atoms with Gasteiger partial charge in [-0.15, -0.1) is 11.3 Å². The van der Waals surface area contributed by atoms with E-state index in [1.807, 2.05) is 0 Å². The third-order valence-electron chi connectivity index (χ3n) is 2.52. The molecule has 0 saturated carbocycles. The van der Waals surface area contributed by atoms with Gasteiger partial charge in [0.2, 0.25) is 0 Å². The summed E-state index contributed by atoms with van der Waals surface area (Å²) in [4.78, 5) is 4.61. The normalized spacial score (nSPS) is 11.6. The van der Waals surface area contributed by atoms with Gasteiger partial charge in [0.1, 0.15) is 5.01 Å². The number of fused-ring (bicyclic) bond motifs is 1. The Bertz CT molecular complexity index is 663. The van der Waals surface area contributed by atoms with Gasteiger partial charge in [-0.2, -0.15) is 11.3 Å². The highest BCUT2D eigenvalue weighted by Crippen LogP contribution is 2.24. The molecule has 3 rings (SSSR count). The lowest BCUT2D eigenvalue weighted by Gasteiger charge is -1.88. The molecule has 1 nitrogen and oxygen atoms in total. The first-order chi connectivity index (χ1) is 8.31. The molecule has 0 atom stereocenters. The van der Waals surface area contributed by atoms with Crippen LogP contribution in [0.2, 0.25) is 0 Å². The minimum absolute atomic E-state index is 1.07. The summed E-state index contributed by atoms with van der Waals surface area (Å²) in [6.07, 6.45) is 4.20. The quantitative estimate of drug-likeness (QED) is 0.640. The first-order valence-electron chi connectivity index (χ1n) is 5.39. The molecule has 0 aliphatic heterocycles. The Balaban J connectivity index is 1.96. The van der Waals surface area contributed by atoms with Gasteiger partial charge >= 0.3 is 0 Å². The van der Waals surface area contributed by atoms with Gasteiger partial charge in [-0.1, -0.05) is 12.1 Å². The van der Waals surface area contributed by atoms with Crippen LogP contribution in [0.5, 0.6) is 0 Å².